The lowest BCUT2D eigenvalue weighted by Crippen LogP contribution is -2.35. The van der Waals surface area contributed by atoms with Crippen molar-refractivity contribution < 1.29 is 4.74 Å². The molecule has 1 unspecified atom stereocenters. The quantitative estimate of drug-likeness (QED) is 0.244. The van der Waals surface area contributed by atoms with E-state index < -0.39 is 5.60 Å². The van der Waals surface area contributed by atoms with E-state index in [0.717, 1.165) is 55.4 Å². The molecule has 6 aromatic rings. The Bertz CT molecular complexity index is 1720. The zero-order valence-electron chi connectivity index (χ0n) is 18.8. The van der Waals surface area contributed by atoms with Gasteiger partial charge in [-0.15, -0.1) is 5.10 Å². The van der Waals surface area contributed by atoms with Gasteiger partial charge in [-0.2, -0.15) is 0 Å². The summed E-state index contributed by atoms with van der Waals surface area (Å²) in [7, 11) is 0. The molecule has 0 saturated carbocycles. The Morgan fingerprint density at radius 3 is 2.18 bits per heavy atom. The molecule has 2 aromatic heterocycles. The predicted octanol–water partition coefficient (Wildman–Crippen LogP) is 5.96. The van der Waals surface area contributed by atoms with E-state index in [0.29, 0.717) is 0 Å². The molecule has 0 saturated heterocycles. The minimum Gasteiger partial charge on any atom is -0.484 e. The Morgan fingerprint density at radius 2 is 1.41 bits per heavy atom. The lowest BCUT2D eigenvalue weighted by molar-refractivity contribution is 0.0946. The monoisotopic (exact) mass is 443 g/mol. The summed E-state index contributed by atoms with van der Waals surface area (Å²) < 4.78 is 8.57. The first-order chi connectivity index (χ1) is 16.6. The van der Waals surface area contributed by atoms with Crippen molar-refractivity contribution in [1.29, 1.82) is 0 Å². The minimum atomic E-state index is -0.561. The number of ether oxygens (including phenoxy) is 1. The fourth-order valence-electron chi connectivity index (χ4n) is 5.14. The summed E-state index contributed by atoms with van der Waals surface area (Å²) in [5, 5.41) is 11.1. The van der Waals surface area contributed by atoms with E-state index in [9.17, 15) is 0 Å². The number of aromatic nitrogens is 5. The number of fused-ring (bicyclic) bond motifs is 7. The smallest absolute Gasteiger partial charge is 0.135 e. The van der Waals surface area contributed by atoms with Crippen molar-refractivity contribution in [2.45, 2.75) is 25.5 Å². The second-order valence-corrected chi connectivity index (χ2v) is 9.26. The Balaban J connectivity index is 1.55. The molecule has 6 nitrogen and oxygen atoms in total. The third kappa shape index (κ3) is 2.68. The largest absolute Gasteiger partial charge is 0.484 e. The summed E-state index contributed by atoms with van der Waals surface area (Å²) >= 11 is 0. The van der Waals surface area contributed by atoms with Crippen LogP contribution in [0.5, 0.6) is 5.75 Å². The van der Waals surface area contributed by atoms with Crippen LogP contribution in [0, 0.1) is 0 Å². The van der Waals surface area contributed by atoms with Gasteiger partial charge in [-0.25, -0.2) is 14.6 Å². The van der Waals surface area contributed by atoms with Gasteiger partial charge in [-0.05, 0) is 26.0 Å². The Morgan fingerprint density at radius 1 is 0.765 bits per heavy atom. The molecule has 0 bridgehead atoms. The van der Waals surface area contributed by atoms with Gasteiger partial charge >= 0.3 is 0 Å². The molecule has 0 spiro atoms. The van der Waals surface area contributed by atoms with Crippen molar-refractivity contribution in [2.75, 3.05) is 0 Å². The highest BCUT2D eigenvalue weighted by molar-refractivity contribution is 6.11. The molecule has 0 amide bonds. The molecule has 1 atom stereocenters. The van der Waals surface area contributed by atoms with Gasteiger partial charge in [-0.1, -0.05) is 71.9 Å². The molecule has 0 N–H and O–H groups in total. The van der Waals surface area contributed by atoms with Crippen molar-refractivity contribution in [3.05, 3.63) is 90.6 Å². The van der Waals surface area contributed by atoms with Crippen LogP contribution in [-0.2, 0) is 0 Å². The van der Waals surface area contributed by atoms with Gasteiger partial charge in [0, 0.05) is 16.3 Å². The van der Waals surface area contributed by atoms with Gasteiger partial charge < -0.3 is 4.74 Å². The lowest BCUT2D eigenvalue weighted by Gasteiger charge is -2.26. The van der Waals surface area contributed by atoms with Crippen molar-refractivity contribution >= 4 is 32.8 Å². The number of hydrogen-bond donors (Lipinski definition) is 0. The summed E-state index contributed by atoms with van der Waals surface area (Å²) in [4.78, 5) is 10.2. The highest BCUT2D eigenvalue weighted by atomic mass is 16.5. The fourth-order valence-corrected chi connectivity index (χ4v) is 5.14. The van der Waals surface area contributed by atoms with Crippen LogP contribution in [-0.4, -0.2) is 30.6 Å². The van der Waals surface area contributed by atoms with E-state index in [1.807, 2.05) is 77.6 Å². The maximum Gasteiger partial charge on any atom is 0.135 e. The summed E-state index contributed by atoms with van der Waals surface area (Å²) in [5.41, 5.74) is 5.76. The van der Waals surface area contributed by atoms with Crippen LogP contribution in [0.1, 0.15) is 25.5 Å². The van der Waals surface area contributed by atoms with Crippen molar-refractivity contribution in [3.63, 3.8) is 0 Å². The van der Waals surface area contributed by atoms with E-state index in [1.165, 1.54) is 0 Å². The third-order valence-corrected chi connectivity index (χ3v) is 6.64. The normalized spacial score (nSPS) is 16.7. The standard InChI is InChI=1S/C28H21N5O/c1-28(2)27(33-16-22(31-32-33)17-10-4-3-5-11-17)23-25-24(29-20-14-8-9-15-21(20)30-25)18-12-6-7-13-19(18)26(23)34-28/h3-16,27H,1-2H3. The third-order valence-electron chi connectivity index (χ3n) is 6.64. The molecule has 0 aliphatic carbocycles. The number of benzene rings is 4. The van der Waals surface area contributed by atoms with Crippen LogP contribution in [0.3, 0.4) is 0 Å². The number of para-hydroxylation sites is 2. The molecule has 164 valence electrons. The second-order valence-electron chi connectivity index (χ2n) is 9.26. The van der Waals surface area contributed by atoms with Crippen LogP contribution in [0.15, 0.2) is 85.1 Å². The molecule has 7 rings (SSSR count). The molecule has 0 fully saturated rings. The van der Waals surface area contributed by atoms with Gasteiger partial charge in [0.1, 0.15) is 23.1 Å². The van der Waals surface area contributed by atoms with Gasteiger partial charge in [-0.3, -0.25) is 0 Å². The lowest BCUT2D eigenvalue weighted by atomic mass is 9.91. The molecule has 3 heterocycles. The van der Waals surface area contributed by atoms with Gasteiger partial charge in [0.2, 0.25) is 0 Å². The van der Waals surface area contributed by atoms with E-state index in [-0.39, 0.29) is 6.04 Å². The van der Waals surface area contributed by atoms with Gasteiger partial charge in [0.25, 0.3) is 0 Å². The van der Waals surface area contributed by atoms with Crippen molar-refractivity contribution in [1.82, 2.24) is 25.0 Å². The first-order valence-electron chi connectivity index (χ1n) is 11.4. The summed E-state index contributed by atoms with van der Waals surface area (Å²) in [5.74, 6) is 0.847. The number of hydrogen-bond acceptors (Lipinski definition) is 5. The fraction of sp³-hybridized carbons (Fsp3) is 0.143. The van der Waals surface area contributed by atoms with Crippen molar-refractivity contribution in [2.24, 2.45) is 0 Å². The Kier molecular flexibility index (Phi) is 3.86. The molecular formula is C28H21N5O. The van der Waals surface area contributed by atoms with Gasteiger partial charge in [0.15, 0.2) is 0 Å². The van der Waals surface area contributed by atoms with Crippen molar-refractivity contribution in [3.8, 4) is 17.0 Å². The molecule has 4 aromatic carbocycles. The van der Waals surface area contributed by atoms with E-state index in [4.69, 9.17) is 14.7 Å². The zero-order valence-corrected chi connectivity index (χ0v) is 18.8. The highest BCUT2D eigenvalue weighted by Crippen LogP contribution is 2.51. The van der Waals surface area contributed by atoms with Crippen LogP contribution in [0.4, 0.5) is 0 Å². The Labute approximate surface area is 195 Å². The minimum absolute atomic E-state index is 0.213. The summed E-state index contributed by atoms with van der Waals surface area (Å²) in [6.07, 6.45) is 2.00. The van der Waals surface area contributed by atoms with Crippen LogP contribution >= 0.6 is 0 Å². The zero-order chi connectivity index (χ0) is 22.9. The molecule has 1 aliphatic heterocycles. The summed E-state index contributed by atoms with van der Waals surface area (Å²) in [6, 6.07) is 26.1. The first-order valence-corrected chi connectivity index (χ1v) is 11.4. The molecule has 34 heavy (non-hydrogen) atoms. The first kappa shape index (κ1) is 19.2. The van der Waals surface area contributed by atoms with E-state index in [2.05, 4.69) is 36.3 Å². The van der Waals surface area contributed by atoms with Crippen LogP contribution < -0.4 is 4.74 Å². The molecule has 1 aliphatic rings. The van der Waals surface area contributed by atoms with Crippen LogP contribution in [0.25, 0.3) is 44.1 Å². The number of rotatable bonds is 2. The maximum atomic E-state index is 6.65. The average molecular weight is 444 g/mol. The highest BCUT2D eigenvalue weighted by Gasteiger charge is 2.46. The maximum absolute atomic E-state index is 6.65. The molecule has 6 heteroatoms. The topological polar surface area (TPSA) is 65.7 Å². The SMILES string of the molecule is CC1(C)Oc2c(c3nc4ccccc4nc3c3ccccc23)C1n1cc(-c2ccccc2)nn1. The second kappa shape index (κ2) is 6.84. The predicted molar refractivity (Wildman–Crippen MR) is 133 cm³/mol. The van der Waals surface area contributed by atoms with E-state index >= 15 is 0 Å². The Hall–Kier alpha value is -4.32. The average Bonchev–Trinajstić information content (AvgIpc) is 3.45. The summed E-state index contributed by atoms with van der Waals surface area (Å²) in [6.45, 7) is 4.19. The molecular weight excluding hydrogens is 422 g/mol. The molecule has 0 radical (unpaired) electrons. The van der Waals surface area contributed by atoms with Crippen LogP contribution in [0.2, 0.25) is 0 Å². The van der Waals surface area contributed by atoms with Gasteiger partial charge in [0.05, 0.1) is 33.8 Å². The number of nitrogens with zero attached hydrogens (tertiary/aromatic N) is 5. The van der Waals surface area contributed by atoms with E-state index in [1.54, 1.807) is 0 Å².